The highest BCUT2D eigenvalue weighted by Crippen LogP contribution is 2.16. The molecule has 8 nitrogen and oxygen atoms in total. The summed E-state index contributed by atoms with van der Waals surface area (Å²) in [7, 11) is 0. The molecule has 1 heterocycles. The van der Waals surface area contributed by atoms with Gasteiger partial charge in [-0.05, 0) is 0 Å². The maximum atomic E-state index is 9.85. The summed E-state index contributed by atoms with van der Waals surface area (Å²) in [6, 6.07) is 0. The summed E-state index contributed by atoms with van der Waals surface area (Å²) in [6.07, 6.45) is -5.94. The van der Waals surface area contributed by atoms with Crippen LogP contribution in [0.3, 0.4) is 0 Å². The van der Waals surface area contributed by atoms with Crippen molar-refractivity contribution in [3.8, 4) is 0 Å². The average molecular weight is 195 g/mol. The molecule has 1 rings (SSSR count). The molecule has 0 aliphatic carbocycles. The van der Waals surface area contributed by atoms with Crippen LogP contribution in [0.1, 0.15) is 0 Å². The first-order chi connectivity index (χ1) is 6.02. The van der Waals surface area contributed by atoms with Crippen LogP contribution in [0.4, 0.5) is 0 Å². The molecule has 0 aromatic carbocycles. The van der Waals surface area contributed by atoms with E-state index in [0.717, 1.165) is 0 Å². The molecular formula is C5H9NO7. The zero-order valence-electron chi connectivity index (χ0n) is 6.44. The van der Waals surface area contributed by atoms with E-state index < -0.39 is 29.7 Å². The molecule has 0 aromatic rings. The van der Waals surface area contributed by atoms with Crippen molar-refractivity contribution in [3.63, 3.8) is 0 Å². The Morgan fingerprint density at radius 3 is 2.54 bits per heavy atom. The number of aliphatic hydroxyl groups excluding tert-OH is 3. The van der Waals surface area contributed by atoms with Crippen molar-refractivity contribution in [1.29, 1.82) is 0 Å². The quantitative estimate of drug-likeness (QED) is 0.332. The fourth-order valence-electron chi connectivity index (χ4n) is 0.957. The van der Waals surface area contributed by atoms with Crippen molar-refractivity contribution in [2.75, 3.05) is 6.61 Å². The van der Waals surface area contributed by atoms with E-state index in [0.29, 0.717) is 0 Å². The Morgan fingerprint density at radius 2 is 2.00 bits per heavy atom. The van der Waals surface area contributed by atoms with Crippen molar-refractivity contribution in [2.24, 2.45) is 0 Å². The molecule has 8 heteroatoms. The van der Waals surface area contributed by atoms with E-state index in [1.165, 1.54) is 0 Å². The van der Waals surface area contributed by atoms with E-state index in [-0.39, 0.29) is 6.61 Å². The van der Waals surface area contributed by atoms with Gasteiger partial charge in [-0.1, -0.05) is 0 Å². The third-order valence-electron chi connectivity index (χ3n) is 1.64. The lowest BCUT2D eigenvalue weighted by molar-refractivity contribution is -0.784. The van der Waals surface area contributed by atoms with E-state index in [4.69, 9.17) is 15.3 Å². The minimum absolute atomic E-state index is 0.323. The number of aliphatic hydroxyl groups is 3. The zero-order valence-corrected chi connectivity index (χ0v) is 6.44. The van der Waals surface area contributed by atoms with Gasteiger partial charge in [-0.2, -0.15) is 0 Å². The van der Waals surface area contributed by atoms with Gasteiger partial charge in [0, 0.05) is 0 Å². The van der Waals surface area contributed by atoms with Gasteiger partial charge in [0.1, 0.15) is 18.3 Å². The highest BCUT2D eigenvalue weighted by Gasteiger charge is 2.39. The second-order valence-corrected chi connectivity index (χ2v) is 2.58. The number of hydrogen-bond acceptors (Lipinski definition) is 7. The van der Waals surface area contributed by atoms with Gasteiger partial charge in [-0.3, -0.25) is 4.84 Å². The minimum Gasteiger partial charge on any atom is -0.388 e. The molecule has 0 spiro atoms. The van der Waals surface area contributed by atoms with Gasteiger partial charge in [0.2, 0.25) is 6.29 Å². The summed E-state index contributed by atoms with van der Waals surface area (Å²) in [4.78, 5) is 13.8. The lowest BCUT2D eigenvalue weighted by Crippen LogP contribution is -2.54. The molecule has 1 fully saturated rings. The van der Waals surface area contributed by atoms with Crippen molar-refractivity contribution < 1.29 is 30.0 Å². The largest absolute Gasteiger partial charge is 0.388 e. The predicted octanol–water partition coefficient (Wildman–Crippen LogP) is -2.37. The van der Waals surface area contributed by atoms with Gasteiger partial charge < -0.3 is 20.1 Å². The van der Waals surface area contributed by atoms with Crippen LogP contribution < -0.4 is 0 Å². The van der Waals surface area contributed by atoms with Crippen LogP contribution in [0.5, 0.6) is 0 Å². The second kappa shape index (κ2) is 3.83. The molecule has 13 heavy (non-hydrogen) atoms. The van der Waals surface area contributed by atoms with Crippen molar-refractivity contribution in [1.82, 2.24) is 0 Å². The highest BCUT2D eigenvalue weighted by molar-refractivity contribution is 4.81. The fraction of sp³-hybridized carbons (Fsp3) is 1.00. The smallest absolute Gasteiger partial charge is 0.297 e. The molecule has 0 saturated carbocycles. The van der Waals surface area contributed by atoms with E-state index >= 15 is 0 Å². The third-order valence-corrected chi connectivity index (χ3v) is 1.64. The molecule has 3 N–H and O–H groups in total. The van der Waals surface area contributed by atoms with Crippen LogP contribution in [-0.4, -0.2) is 51.6 Å². The predicted molar refractivity (Wildman–Crippen MR) is 35.8 cm³/mol. The van der Waals surface area contributed by atoms with Crippen molar-refractivity contribution >= 4 is 0 Å². The number of nitrogens with zero attached hydrogens (tertiary/aromatic N) is 1. The molecule has 0 bridgehead atoms. The maximum absolute atomic E-state index is 9.85. The molecular weight excluding hydrogens is 186 g/mol. The Balaban J connectivity index is 2.53. The van der Waals surface area contributed by atoms with Gasteiger partial charge in [-0.25, -0.2) is 0 Å². The summed E-state index contributed by atoms with van der Waals surface area (Å²) in [6.45, 7) is -0.323. The van der Waals surface area contributed by atoms with Crippen molar-refractivity contribution in [3.05, 3.63) is 10.1 Å². The van der Waals surface area contributed by atoms with Crippen molar-refractivity contribution in [2.45, 2.75) is 24.6 Å². The van der Waals surface area contributed by atoms with Crippen LogP contribution in [0.2, 0.25) is 0 Å². The number of ether oxygens (including phenoxy) is 1. The molecule has 0 aromatic heterocycles. The van der Waals surface area contributed by atoms with Gasteiger partial charge in [0.25, 0.3) is 5.09 Å². The van der Waals surface area contributed by atoms with E-state index in [1.54, 1.807) is 0 Å². The molecule has 1 aliphatic rings. The molecule has 1 saturated heterocycles. The first-order valence-corrected chi connectivity index (χ1v) is 3.49. The summed E-state index contributed by atoms with van der Waals surface area (Å²) >= 11 is 0. The average Bonchev–Trinajstić information content (AvgIpc) is 2.06. The van der Waals surface area contributed by atoms with Gasteiger partial charge >= 0.3 is 0 Å². The molecule has 0 unspecified atom stereocenters. The Hall–Kier alpha value is -0.960. The van der Waals surface area contributed by atoms with E-state index in [2.05, 4.69) is 9.57 Å². The minimum atomic E-state index is -1.63. The van der Waals surface area contributed by atoms with Crippen LogP contribution in [0, 0.1) is 10.1 Å². The molecule has 0 radical (unpaired) electrons. The summed E-state index contributed by atoms with van der Waals surface area (Å²) < 4.78 is 4.56. The molecule has 76 valence electrons. The first kappa shape index (κ1) is 10.1. The third kappa shape index (κ3) is 2.25. The SMILES string of the molecule is O=[N+]([O-])O[C@@H]1OC[C@H](O)[C@H](O)[C@H]1O. The van der Waals surface area contributed by atoms with Crippen LogP contribution in [0.15, 0.2) is 0 Å². The van der Waals surface area contributed by atoms with Gasteiger partial charge in [-0.15, -0.1) is 10.1 Å². The van der Waals surface area contributed by atoms with Gasteiger partial charge in [0.15, 0.2) is 0 Å². The Bertz CT molecular complexity index is 197. The van der Waals surface area contributed by atoms with E-state index in [9.17, 15) is 10.1 Å². The van der Waals surface area contributed by atoms with Crippen LogP contribution >= 0.6 is 0 Å². The van der Waals surface area contributed by atoms with E-state index in [1.807, 2.05) is 0 Å². The highest BCUT2D eigenvalue weighted by atomic mass is 17.0. The fourth-order valence-corrected chi connectivity index (χ4v) is 0.957. The van der Waals surface area contributed by atoms with Crippen LogP contribution in [-0.2, 0) is 9.57 Å². The summed E-state index contributed by atoms with van der Waals surface area (Å²) in [5, 5.41) is 35.8. The summed E-state index contributed by atoms with van der Waals surface area (Å²) in [5.74, 6) is 0. The lowest BCUT2D eigenvalue weighted by Gasteiger charge is -2.33. The Labute approximate surface area is 72.4 Å². The normalized spacial score (nSPS) is 39.9. The lowest BCUT2D eigenvalue weighted by atomic mass is 10.1. The van der Waals surface area contributed by atoms with Crippen LogP contribution in [0.25, 0.3) is 0 Å². The topological polar surface area (TPSA) is 122 Å². The maximum Gasteiger partial charge on any atom is 0.297 e. The monoisotopic (exact) mass is 195 g/mol. The second-order valence-electron chi connectivity index (χ2n) is 2.58. The Morgan fingerprint density at radius 1 is 1.38 bits per heavy atom. The zero-order chi connectivity index (χ0) is 10.0. The first-order valence-electron chi connectivity index (χ1n) is 3.49. The Kier molecular flexibility index (Phi) is 2.98. The van der Waals surface area contributed by atoms with Gasteiger partial charge in [0.05, 0.1) is 6.61 Å². The number of rotatable bonds is 2. The molecule has 4 atom stereocenters. The summed E-state index contributed by atoms with van der Waals surface area (Å²) in [5.41, 5.74) is 0. The number of hydrogen-bond donors (Lipinski definition) is 3. The molecule has 0 amide bonds. The molecule has 1 aliphatic heterocycles. The standard InChI is InChI=1S/C5H9NO7/c7-2-1-12-5(13-6(10)11)4(9)3(2)8/h2-5,7-9H,1H2/t2-,3-,4+,5-/m0/s1.